The molecule has 18 heavy (non-hydrogen) atoms. The monoisotopic (exact) mass is 250 g/mol. The summed E-state index contributed by atoms with van der Waals surface area (Å²) in [5.41, 5.74) is 0.672. The van der Waals surface area contributed by atoms with Crippen molar-refractivity contribution in [3.63, 3.8) is 0 Å². The third-order valence-electron chi connectivity index (χ3n) is 2.99. The number of rotatable bonds is 2. The molecule has 5 heteroatoms. The number of halogens is 1. The van der Waals surface area contributed by atoms with Crippen molar-refractivity contribution in [1.82, 2.24) is 5.32 Å². The van der Waals surface area contributed by atoms with Gasteiger partial charge in [-0.2, -0.15) is 0 Å². The summed E-state index contributed by atoms with van der Waals surface area (Å²) in [6.07, 6.45) is 0.311. The number of carbonyl (C=O) groups is 2. The molecule has 1 amide bonds. The number of amides is 1. The molecule has 0 atom stereocenters. The molecule has 1 aromatic carbocycles. The molecule has 2 rings (SSSR count). The summed E-state index contributed by atoms with van der Waals surface area (Å²) in [6, 6.07) is 4.47. The van der Waals surface area contributed by atoms with E-state index >= 15 is 0 Å². The van der Waals surface area contributed by atoms with Crippen LogP contribution in [0.25, 0.3) is 0 Å². The Bertz CT molecular complexity index is 488. The van der Waals surface area contributed by atoms with Crippen LogP contribution < -0.4 is 10.2 Å². The van der Waals surface area contributed by atoms with Gasteiger partial charge in [-0.1, -0.05) is 6.07 Å². The molecule has 1 heterocycles. The van der Waals surface area contributed by atoms with Crippen LogP contribution in [0, 0.1) is 5.82 Å². The zero-order valence-electron chi connectivity index (χ0n) is 10.2. The fourth-order valence-electron chi connectivity index (χ4n) is 2.11. The lowest BCUT2D eigenvalue weighted by molar-refractivity contribution is -0.120. The van der Waals surface area contributed by atoms with Gasteiger partial charge in [0.15, 0.2) is 5.78 Å². The van der Waals surface area contributed by atoms with Gasteiger partial charge in [0.25, 0.3) is 0 Å². The van der Waals surface area contributed by atoms with Gasteiger partial charge in [0.1, 0.15) is 5.82 Å². The molecule has 0 aliphatic carbocycles. The zero-order chi connectivity index (χ0) is 13.1. The number of para-hydroxylation sites is 1. The van der Waals surface area contributed by atoms with Crippen LogP contribution in [0.3, 0.4) is 0 Å². The number of benzene rings is 1. The summed E-state index contributed by atoms with van der Waals surface area (Å²) >= 11 is 0. The molecule has 0 unspecified atom stereocenters. The highest BCUT2D eigenvalue weighted by Gasteiger charge is 2.21. The van der Waals surface area contributed by atoms with Crippen molar-refractivity contribution in [3.05, 3.63) is 29.6 Å². The molecular formula is C13H15FN2O2. The van der Waals surface area contributed by atoms with Crippen molar-refractivity contribution < 1.29 is 14.0 Å². The van der Waals surface area contributed by atoms with Crippen molar-refractivity contribution in [3.8, 4) is 0 Å². The van der Waals surface area contributed by atoms with E-state index in [2.05, 4.69) is 5.32 Å². The second-order valence-corrected chi connectivity index (χ2v) is 4.28. The van der Waals surface area contributed by atoms with Crippen molar-refractivity contribution in [2.45, 2.75) is 13.3 Å². The van der Waals surface area contributed by atoms with Gasteiger partial charge >= 0.3 is 0 Å². The number of nitrogens with one attached hydrogen (secondary N) is 1. The molecule has 1 aromatic rings. The molecule has 96 valence electrons. The third-order valence-corrected chi connectivity index (χ3v) is 2.99. The van der Waals surface area contributed by atoms with Crippen molar-refractivity contribution in [2.75, 3.05) is 24.5 Å². The Hall–Kier alpha value is -1.91. The highest BCUT2D eigenvalue weighted by Crippen LogP contribution is 2.25. The third kappa shape index (κ3) is 2.50. The van der Waals surface area contributed by atoms with Crippen LogP contribution in [0.4, 0.5) is 10.1 Å². The minimum Gasteiger partial charge on any atom is -0.366 e. The summed E-state index contributed by atoms with van der Waals surface area (Å²) in [5, 5.41) is 2.72. The van der Waals surface area contributed by atoms with E-state index in [1.807, 2.05) is 0 Å². The first kappa shape index (κ1) is 12.5. The highest BCUT2D eigenvalue weighted by atomic mass is 19.1. The number of ketones is 1. The zero-order valence-corrected chi connectivity index (χ0v) is 10.2. The number of Topliss-reactive ketones (excluding diaryl/α,β-unsaturated/α-hetero) is 1. The standard InChI is InChI=1S/C13H15FN2O2/c1-9(17)10-3-2-4-11(14)13(10)16-7-5-12(18)15-6-8-16/h2-4H,5-8H2,1H3,(H,15,18). The van der Waals surface area contributed by atoms with Gasteiger partial charge in [-0.05, 0) is 19.1 Å². The largest absolute Gasteiger partial charge is 0.366 e. The number of carbonyl (C=O) groups excluding carboxylic acids is 2. The van der Waals surface area contributed by atoms with E-state index in [0.29, 0.717) is 37.3 Å². The normalized spacial score (nSPS) is 16.1. The summed E-state index contributed by atoms with van der Waals surface area (Å²) in [4.78, 5) is 24.6. The average Bonchev–Trinajstić information content (AvgIpc) is 2.53. The van der Waals surface area contributed by atoms with Crippen LogP contribution in [0.5, 0.6) is 0 Å². The lowest BCUT2D eigenvalue weighted by Crippen LogP contribution is -2.30. The maximum atomic E-state index is 13.9. The van der Waals surface area contributed by atoms with Gasteiger partial charge < -0.3 is 10.2 Å². The van der Waals surface area contributed by atoms with Crippen LogP contribution in [0.2, 0.25) is 0 Å². The van der Waals surface area contributed by atoms with Crippen molar-refractivity contribution in [2.24, 2.45) is 0 Å². The Morgan fingerprint density at radius 1 is 1.39 bits per heavy atom. The van der Waals surface area contributed by atoms with Crippen LogP contribution in [-0.2, 0) is 4.79 Å². The van der Waals surface area contributed by atoms with Crippen molar-refractivity contribution in [1.29, 1.82) is 0 Å². The highest BCUT2D eigenvalue weighted by molar-refractivity contribution is 6.00. The predicted octanol–water partition coefficient (Wildman–Crippen LogP) is 1.35. The Morgan fingerprint density at radius 2 is 2.17 bits per heavy atom. The number of hydrogen-bond acceptors (Lipinski definition) is 3. The van der Waals surface area contributed by atoms with Gasteiger partial charge in [-0.15, -0.1) is 0 Å². The quantitative estimate of drug-likeness (QED) is 0.806. The molecule has 0 spiro atoms. The van der Waals surface area contributed by atoms with E-state index in [0.717, 1.165) is 0 Å². The Labute approximate surface area is 105 Å². The average molecular weight is 250 g/mol. The fraction of sp³-hybridized carbons (Fsp3) is 0.385. The van der Waals surface area contributed by atoms with Crippen molar-refractivity contribution >= 4 is 17.4 Å². The van der Waals surface area contributed by atoms with E-state index in [4.69, 9.17) is 0 Å². The Kier molecular flexibility index (Phi) is 3.60. The molecule has 0 saturated carbocycles. The van der Waals surface area contributed by atoms with Gasteiger partial charge in [0.05, 0.1) is 5.69 Å². The van der Waals surface area contributed by atoms with E-state index in [-0.39, 0.29) is 11.7 Å². The molecule has 1 aliphatic heterocycles. The molecule has 0 aromatic heterocycles. The lowest BCUT2D eigenvalue weighted by atomic mass is 10.1. The first-order chi connectivity index (χ1) is 8.59. The number of hydrogen-bond donors (Lipinski definition) is 1. The SMILES string of the molecule is CC(=O)c1cccc(F)c1N1CCNC(=O)CC1. The molecular weight excluding hydrogens is 235 g/mol. The minimum atomic E-state index is -0.419. The smallest absolute Gasteiger partial charge is 0.221 e. The first-order valence-corrected chi connectivity index (χ1v) is 5.90. The molecule has 4 nitrogen and oxygen atoms in total. The summed E-state index contributed by atoms with van der Waals surface area (Å²) in [6.45, 7) is 2.81. The van der Waals surface area contributed by atoms with Crippen LogP contribution in [0.1, 0.15) is 23.7 Å². The first-order valence-electron chi connectivity index (χ1n) is 5.90. The van der Waals surface area contributed by atoms with E-state index < -0.39 is 5.82 Å². The molecule has 0 bridgehead atoms. The topological polar surface area (TPSA) is 49.4 Å². The van der Waals surface area contributed by atoms with E-state index in [1.165, 1.54) is 19.1 Å². The predicted molar refractivity (Wildman–Crippen MR) is 66.2 cm³/mol. The summed E-state index contributed by atoms with van der Waals surface area (Å²) in [7, 11) is 0. The molecule has 1 saturated heterocycles. The van der Waals surface area contributed by atoms with E-state index in [1.54, 1.807) is 11.0 Å². The second-order valence-electron chi connectivity index (χ2n) is 4.28. The Balaban J connectivity index is 2.37. The van der Waals surface area contributed by atoms with Gasteiger partial charge in [0.2, 0.25) is 5.91 Å². The molecule has 1 aliphatic rings. The number of nitrogens with zero attached hydrogens (tertiary/aromatic N) is 1. The minimum absolute atomic E-state index is 0.0433. The van der Waals surface area contributed by atoms with Crippen LogP contribution >= 0.6 is 0 Å². The molecule has 0 radical (unpaired) electrons. The second kappa shape index (κ2) is 5.16. The van der Waals surface area contributed by atoms with Crippen LogP contribution in [0.15, 0.2) is 18.2 Å². The lowest BCUT2D eigenvalue weighted by Gasteiger charge is -2.24. The maximum Gasteiger partial charge on any atom is 0.221 e. The van der Waals surface area contributed by atoms with Gasteiger partial charge in [-0.25, -0.2) is 4.39 Å². The summed E-state index contributed by atoms with van der Waals surface area (Å²) < 4.78 is 13.9. The van der Waals surface area contributed by atoms with Gasteiger partial charge in [0, 0.05) is 31.6 Å². The summed E-state index contributed by atoms with van der Waals surface area (Å²) in [5.74, 6) is -0.636. The number of anilines is 1. The fourth-order valence-corrected chi connectivity index (χ4v) is 2.11. The Morgan fingerprint density at radius 3 is 2.89 bits per heavy atom. The molecule has 1 fully saturated rings. The van der Waals surface area contributed by atoms with Crippen LogP contribution in [-0.4, -0.2) is 31.3 Å². The van der Waals surface area contributed by atoms with Gasteiger partial charge in [-0.3, -0.25) is 9.59 Å². The molecule has 1 N–H and O–H groups in total. The maximum absolute atomic E-state index is 13.9. The van der Waals surface area contributed by atoms with E-state index in [9.17, 15) is 14.0 Å².